The number of hydrogen-bond donors (Lipinski definition) is 1. The third-order valence-electron chi connectivity index (χ3n) is 2.42. The summed E-state index contributed by atoms with van der Waals surface area (Å²) in [6.07, 6.45) is 0.578. The van der Waals surface area contributed by atoms with Gasteiger partial charge >= 0.3 is 5.97 Å². The van der Waals surface area contributed by atoms with Gasteiger partial charge in [-0.1, -0.05) is 11.6 Å². The van der Waals surface area contributed by atoms with Gasteiger partial charge in [0.1, 0.15) is 5.82 Å². The van der Waals surface area contributed by atoms with Crippen molar-refractivity contribution in [2.75, 3.05) is 0 Å². The van der Waals surface area contributed by atoms with E-state index in [0.29, 0.717) is 17.0 Å². The molecular formula is C10H8ClFO2. The molecule has 1 aliphatic carbocycles. The van der Waals surface area contributed by atoms with Crippen LogP contribution in [-0.4, -0.2) is 11.1 Å². The number of carboxylic acid groups (broad SMARTS) is 1. The minimum Gasteiger partial charge on any atom is -0.481 e. The van der Waals surface area contributed by atoms with Gasteiger partial charge in [0.2, 0.25) is 0 Å². The third-order valence-corrected chi connectivity index (χ3v) is 2.64. The molecule has 0 spiro atoms. The summed E-state index contributed by atoms with van der Waals surface area (Å²) in [5, 5.41) is 9.01. The van der Waals surface area contributed by atoms with Gasteiger partial charge in [-0.25, -0.2) is 4.39 Å². The molecule has 2 unspecified atom stereocenters. The molecule has 1 aromatic carbocycles. The largest absolute Gasteiger partial charge is 0.481 e. The summed E-state index contributed by atoms with van der Waals surface area (Å²) < 4.78 is 12.9. The number of carboxylic acids is 1. The van der Waals surface area contributed by atoms with Gasteiger partial charge in [0.05, 0.1) is 5.92 Å². The molecule has 0 aromatic heterocycles. The minimum atomic E-state index is -0.824. The summed E-state index contributed by atoms with van der Waals surface area (Å²) in [4.78, 5) is 10.6. The molecule has 0 amide bonds. The molecular weight excluding hydrogens is 207 g/mol. The lowest BCUT2D eigenvalue weighted by molar-refractivity contribution is -0.138. The number of rotatable bonds is 2. The van der Waals surface area contributed by atoms with Gasteiger partial charge < -0.3 is 5.11 Å². The molecule has 4 heteroatoms. The van der Waals surface area contributed by atoms with Crippen LogP contribution in [0, 0.1) is 11.7 Å². The topological polar surface area (TPSA) is 37.3 Å². The van der Waals surface area contributed by atoms with Crippen molar-refractivity contribution in [1.82, 2.24) is 0 Å². The van der Waals surface area contributed by atoms with Crippen LogP contribution in [0.1, 0.15) is 17.9 Å². The van der Waals surface area contributed by atoms with Crippen molar-refractivity contribution in [3.63, 3.8) is 0 Å². The molecule has 0 radical (unpaired) electrons. The van der Waals surface area contributed by atoms with Crippen molar-refractivity contribution in [2.24, 2.45) is 5.92 Å². The summed E-state index contributed by atoms with van der Waals surface area (Å²) in [5.41, 5.74) is 0.683. The van der Waals surface area contributed by atoms with Crippen molar-refractivity contribution >= 4 is 17.6 Å². The number of halogens is 2. The van der Waals surface area contributed by atoms with Crippen molar-refractivity contribution in [2.45, 2.75) is 12.3 Å². The molecule has 0 bridgehead atoms. The molecule has 1 N–H and O–H groups in total. The van der Waals surface area contributed by atoms with Crippen molar-refractivity contribution in [1.29, 1.82) is 0 Å². The summed E-state index contributed by atoms with van der Waals surface area (Å²) in [6.45, 7) is 0. The van der Waals surface area contributed by atoms with E-state index in [9.17, 15) is 9.18 Å². The minimum absolute atomic E-state index is 0.0688. The Hall–Kier alpha value is -1.09. The van der Waals surface area contributed by atoms with Gasteiger partial charge in [-0.15, -0.1) is 0 Å². The first kappa shape index (κ1) is 9.46. The lowest BCUT2D eigenvalue weighted by atomic mass is 10.1. The Balaban J connectivity index is 2.23. The predicted octanol–water partition coefficient (Wildman–Crippen LogP) is 2.67. The third kappa shape index (κ3) is 1.73. The fraction of sp³-hybridized carbons (Fsp3) is 0.300. The molecule has 1 fully saturated rings. The van der Waals surface area contributed by atoms with Crippen LogP contribution in [0.3, 0.4) is 0 Å². The molecule has 0 saturated heterocycles. The zero-order valence-corrected chi connectivity index (χ0v) is 7.96. The molecule has 2 nitrogen and oxygen atoms in total. The smallest absolute Gasteiger partial charge is 0.307 e. The zero-order valence-electron chi connectivity index (χ0n) is 7.21. The molecule has 1 saturated carbocycles. The maximum absolute atomic E-state index is 12.9. The summed E-state index contributed by atoms with van der Waals surface area (Å²) in [7, 11) is 0. The Morgan fingerprint density at radius 1 is 1.50 bits per heavy atom. The number of carbonyl (C=O) groups is 1. The number of hydrogen-bond acceptors (Lipinski definition) is 1. The maximum atomic E-state index is 12.9. The maximum Gasteiger partial charge on any atom is 0.307 e. The first-order chi connectivity index (χ1) is 6.58. The molecule has 2 rings (SSSR count). The summed E-state index contributed by atoms with van der Waals surface area (Å²) >= 11 is 5.66. The highest BCUT2D eigenvalue weighted by molar-refractivity contribution is 6.30. The quantitative estimate of drug-likeness (QED) is 0.822. The standard InChI is InChI=1S/C10H8ClFO2/c11-6-1-5(2-7(12)3-6)8-4-9(8)10(13)14/h1-3,8-9H,4H2,(H,13,14). The van der Waals surface area contributed by atoms with Gasteiger partial charge in [0, 0.05) is 5.02 Å². The summed E-state index contributed by atoms with van der Waals surface area (Å²) in [5.74, 6) is -1.67. The van der Waals surface area contributed by atoms with Crippen LogP contribution in [0.15, 0.2) is 18.2 Å². The van der Waals surface area contributed by atoms with Crippen LogP contribution in [0.4, 0.5) is 4.39 Å². The SMILES string of the molecule is O=C(O)C1CC1c1cc(F)cc(Cl)c1. The Morgan fingerprint density at radius 2 is 2.21 bits per heavy atom. The van der Waals surface area contributed by atoms with E-state index in [2.05, 4.69) is 0 Å². The van der Waals surface area contributed by atoms with Crippen LogP contribution in [0.5, 0.6) is 0 Å². The lowest BCUT2D eigenvalue weighted by Crippen LogP contribution is -1.99. The van der Waals surface area contributed by atoms with Crippen LogP contribution < -0.4 is 0 Å². The Morgan fingerprint density at radius 3 is 2.71 bits per heavy atom. The Kier molecular flexibility index (Phi) is 2.19. The summed E-state index contributed by atoms with van der Waals surface area (Å²) in [6, 6.07) is 4.18. The van der Waals surface area contributed by atoms with E-state index in [1.54, 1.807) is 6.07 Å². The average molecular weight is 215 g/mol. The predicted molar refractivity (Wildman–Crippen MR) is 49.9 cm³/mol. The number of aliphatic carboxylic acids is 1. The zero-order chi connectivity index (χ0) is 10.3. The first-order valence-electron chi connectivity index (χ1n) is 4.26. The van der Waals surface area contributed by atoms with E-state index in [1.165, 1.54) is 12.1 Å². The average Bonchev–Trinajstić information content (AvgIpc) is 2.79. The van der Waals surface area contributed by atoms with E-state index >= 15 is 0 Å². The molecule has 1 aliphatic rings. The first-order valence-corrected chi connectivity index (χ1v) is 4.64. The molecule has 1 aromatic rings. The molecule has 0 aliphatic heterocycles. The molecule has 14 heavy (non-hydrogen) atoms. The molecule has 0 heterocycles. The van der Waals surface area contributed by atoms with E-state index in [-0.39, 0.29) is 11.8 Å². The van der Waals surface area contributed by atoms with Crippen LogP contribution in [0.25, 0.3) is 0 Å². The highest BCUT2D eigenvalue weighted by Gasteiger charge is 2.44. The fourth-order valence-electron chi connectivity index (χ4n) is 1.63. The van der Waals surface area contributed by atoms with Gasteiger partial charge in [0.25, 0.3) is 0 Å². The lowest BCUT2D eigenvalue weighted by Gasteiger charge is -1.99. The molecule has 2 atom stereocenters. The Bertz CT molecular complexity index is 371. The van der Waals surface area contributed by atoms with E-state index in [1.807, 2.05) is 0 Å². The van der Waals surface area contributed by atoms with Gasteiger partial charge in [-0.05, 0) is 36.1 Å². The highest BCUT2D eigenvalue weighted by Crippen LogP contribution is 2.48. The monoisotopic (exact) mass is 214 g/mol. The van der Waals surface area contributed by atoms with Crippen LogP contribution in [0.2, 0.25) is 5.02 Å². The Labute approximate surface area is 85.3 Å². The van der Waals surface area contributed by atoms with E-state index < -0.39 is 11.8 Å². The van der Waals surface area contributed by atoms with E-state index in [0.717, 1.165) is 0 Å². The van der Waals surface area contributed by atoms with E-state index in [4.69, 9.17) is 16.7 Å². The second-order valence-corrected chi connectivity index (χ2v) is 3.93. The number of benzene rings is 1. The van der Waals surface area contributed by atoms with Crippen molar-refractivity contribution < 1.29 is 14.3 Å². The van der Waals surface area contributed by atoms with Crippen LogP contribution in [-0.2, 0) is 4.79 Å². The second-order valence-electron chi connectivity index (χ2n) is 3.49. The van der Waals surface area contributed by atoms with Gasteiger partial charge in [-0.2, -0.15) is 0 Å². The highest BCUT2D eigenvalue weighted by atomic mass is 35.5. The van der Waals surface area contributed by atoms with Crippen molar-refractivity contribution in [3.8, 4) is 0 Å². The van der Waals surface area contributed by atoms with Crippen LogP contribution >= 0.6 is 11.6 Å². The second kappa shape index (κ2) is 3.24. The van der Waals surface area contributed by atoms with Gasteiger partial charge in [0.15, 0.2) is 0 Å². The normalized spacial score (nSPS) is 24.7. The van der Waals surface area contributed by atoms with Crippen molar-refractivity contribution in [3.05, 3.63) is 34.6 Å². The molecule has 74 valence electrons. The van der Waals surface area contributed by atoms with Gasteiger partial charge in [-0.3, -0.25) is 4.79 Å². The fourth-order valence-corrected chi connectivity index (χ4v) is 1.86.